The lowest BCUT2D eigenvalue weighted by molar-refractivity contribution is -0.137. The molecule has 0 unspecified atom stereocenters. The van der Waals surface area contributed by atoms with Crippen LogP contribution in [-0.4, -0.2) is 18.2 Å². The highest BCUT2D eigenvalue weighted by atomic mass is 16.5. The zero-order valence-corrected chi connectivity index (χ0v) is 9.36. The quantitative estimate of drug-likeness (QED) is 0.788. The number of rotatable bonds is 4. The van der Waals surface area contributed by atoms with E-state index in [1.54, 1.807) is 14.0 Å². The van der Waals surface area contributed by atoms with Crippen LogP contribution in [0.2, 0.25) is 0 Å². The van der Waals surface area contributed by atoms with Crippen molar-refractivity contribution >= 4 is 5.97 Å². The summed E-state index contributed by atoms with van der Waals surface area (Å²) in [6, 6.07) is 7.30. The average Bonchev–Trinajstić information content (AvgIpc) is 2.28. The highest BCUT2D eigenvalue weighted by molar-refractivity contribution is 5.69. The molecule has 0 fully saturated rings. The number of carboxylic acids is 1. The number of hydrogen-bond donors (Lipinski definition) is 1. The van der Waals surface area contributed by atoms with Crippen LogP contribution in [0, 0.1) is 11.8 Å². The predicted octanol–water partition coefficient (Wildman–Crippen LogP) is 2.28. The van der Waals surface area contributed by atoms with E-state index in [1.807, 2.05) is 24.3 Å². The van der Waals surface area contributed by atoms with Gasteiger partial charge in [-0.25, -0.2) is 0 Å². The minimum absolute atomic E-state index is 0.0210. The molecular weight excluding hydrogens is 204 g/mol. The van der Waals surface area contributed by atoms with Gasteiger partial charge in [0.15, 0.2) is 0 Å². The lowest BCUT2D eigenvalue weighted by Crippen LogP contribution is -2.04. The molecule has 0 saturated heterocycles. The molecule has 0 aliphatic carbocycles. The molecule has 0 aliphatic rings. The molecule has 1 aromatic carbocycles. The van der Waals surface area contributed by atoms with Gasteiger partial charge in [0, 0.05) is 0 Å². The summed E-state index contributed by atoms with van der Waals surface area (Å²) in [5, 5.41) is 8.78. The zero-order valence-electron chi connectivity index (χ0n) is 9.36. The first-order valence-electron chi connectivity index (χ1n) is 4.95. The molecule has 0 radical (unpaired) electrons. The molecule has 84 valence electrons. The van der Waals surface area contributed by atoms with Gasteiger partial charge < -0.3 is 9.84 Å². The number of hydrogen-bond acceptors (Lipinski definition) is 2. The van der Waals surface area contributed by atoms with Crippen molar-refractivity contribution in [3.05, 3.63) is 29.8 Å². The number of ether oxygens (including phenoxy) is 1. The first kappa shape index (κ1) is 12.1. The maximum atomic E-state index is 10.7. The summed E-state index contributed by atoms with van der Waals surface area (Å²) in [6.07, 6.45) is 0.0210. The molecule has 0 spiro atoms. The fourth-order valence-electron chi connectivity index (χ4n) is 1.44. The van der Waals surface area contributed by atoms with Crippen LogP contribution < -0.4 is 4.74 Å². The Labute approximate surface area is 95.1 Å². The van der Waals surface area contributed by atoms with E-state index < -0.39 is 5.97 Å². The molecule has 1 N–H and O–H groups in total. The van der Waals surface area contributed by atoms with Crippen molar-refractivity contribution in [2.24, 2.45) is 0 Å². The highest BCUT2D eigenvalue weighted by Crippen LogP contribution is 2.21. The van der Waals surface area contributed by atoms with E-state index in [4.69, 9.17) is 9.84 Å². The molecule has 1 atom stereocenters. The predicted molar refractivity (Wildman–Crippen MR) is 61.4 cm³/mol. The van der Waals surface area contributed by atoms with E-state index in [1.165, 1.54) is 0 Å². The van der Waals surface area contributed by atoms with Crippen LogP contribution in [0.4, 0.5) is 0 Å². The monoisotopic (exact) mass is 218 g/mol. The van der Waals surface area contributed by atoms with Crippen LogP contribution in [-0.2, 0) is 4.79 Å². The topological polar surface area (TPSA) is 46.5 Å². The van der Waals surface area contributed by atoms with E-state index >= 15 is 0 Å². The Bertz CT molecular complexity index is 409. The average molecular weight is 218 g/mol. The van der Waals surface area contributed by atoms with Gasteiger partial charge in [-0.05, 0) is 24.6 Å². The van der Waals surface area contributed by atoms with Gasteiger partial charge in [0.05, 0.1) is 19.4 Å². The van der Waals surface area contributed by atoms with Crippen LogP contribution >= 0.6 is 0 Å². The Balaban J connectivity index is 2.90. The summed E-state index contributed by atoms with van der Waals surface area (Å²) in [5.74, 6) is 5.30. The van der Waals surface area contributed by atoms with Crippen molar-refractivity contribution in [2.75, 3.05) is 7.11 Å². The number of aliphatic carboxylic acids is 1. The summed E-state index contributed by atoms with van der Waals surface area (Å²) in [7, 11) is 1.59. The molecule has 0 aliphatic heterocycles. The second kappa shape index (κ2) is 5.82. The van der Waals surface area contributed by atoms with Gasteiger partial charge in [-0.3, -0.25) is 4.79 Å². The van der Waals surface area contributed by atoms with Gasteiger partial charge in [0.25, 0.3) is 0 Å². The number of carbonyl (C=O) groups is 1. The summed E-state index contributed by atoms with van der Waals surface area (Å²) >= 11 is 0. The molecule has 3 nitrogen and oxygen atoms in total. The Morgan fingerprint density at radius 3 is 2.50 bits per heavy atom. The van der Waals surface area contributed by atoms with Crippen LogP contribution in [0.1, 0.15) is 24.8 Å². The van der Waals surface area contributed by atoms with Crippen molar-refractivity contribution in [2.45, 2.75) is 19.3 Å². The Morgan fingerprint density at radius 1 is 1.44 bits per heavy atom. The molecule has 0 aromatic heterocycles. The second-order valence-corrected chi connectivity index (χ2v) is 3.32. The first-order valence-corrected chi connectivity index (χ1v) is 4.95. The van der Waals surface area contributed by atoms with E-state index in [2.05, 4.69) is 11.8 Å². The van der Waals surface area contributed by atoms with Crippen LogP contribution in [0.25, 0.3) is 0 Å². The van der Waals surface area contributed by atoms with E-state index in [-0.39, 0.29) is 12.3 Å². The molecular formula is C13H14O3. The van der Waals surface area contributed by atoms with E-state index in [0.717, 1.165) is 11.3 Å². The fraction of sp³-hybridized carbons (Fsp3) is 0.308. The second-order valence-electron chi connectivity index (χ2n) is 3.32. The van der Waals surface area contributed by atoms with Crippen molar-refractivity contribution in [3.63, 3.8) is 0 Å². The Kier molecular flexibility index (Phi) is 4.41. The third-order valence-electron chi connectivity index (χ3n) is 2.22. The fourth-order valence-corrected chi connectivity index (χ4v) is 1.44. The normalized spacial score (nSPS) is 11.1. The number of benzene rings is 1. The van der Waals surface area contributed by atoms with Gasteiger partial charge in [-0.15, -0.1) is 5.92 Å². The van der Waals surface area contributed by atoms with Crippen LogP contribution in [0.5, 0.6) is 5.75 Å². The first-order chi connectivity index (χ1) is 7.67. The molecule has 3 heteroatoms. The number of carboxylic acid groups (broad SMARTS) is 1. The van der Waals surface area contributed by atoms with Gasteiger partial charge in [-0.1, -0.05) is 18.1 Å². The standard InChI is InChI=1S/C13H14O3/c1-3-4-11(9-13(14)15)10-5-7-12(16-2)8-6-10/h5-8,11H,9H2,1-2H3,(H,14,15)/t11-/m1/s1. The SMILES string of the molecule is CC#C[C@H](CC(=O)O)c1ccc(OC)cc1. The third kappa shape index (κ3) is 3.32. The van der Waals surface area contributed by atoms with Gasteiger partial charge in [0.2, 0.25) is 0 Å². The van der Waals surface area contributed by atoms with Crippen molar-refractivity contribution in [1.82, 2.24) is 0 Å². The Hall–Kier alpha value is -1.95. The van der Waals surface area contributed by atoms with Crippen molar-refractivity contribution in [3.8, 4) is 17.6 Å². The highest BCUT2D eigenvalue weighted by Gasteiger charge is 2.12. The summed E-state index contributed by atoms with van der Waals surface area (Å²) in [6.45, 7) is 1.71. The van der Waals surface area contributed by atoms with Crippen LogP contribution in [0.3, 0.4) is 0 Å². The van der Waals surface area contributed by atoms with Gasteiger partial charge in [-0.2, -0.15) is 0 Å². The van der Waals surface area contributed by atoms with Crippen molar-refractivity contribution < 1.29 is 14.6 Å². The number of methoxy groups -OCH3 is 1. The Morgan fingerprint density at radius 2 is 2.06 bits per heavy atom. The molecule has 16 heavy (non-hydrogen) atoms. The summed E-state index contributed by atoms with van der Waals surface area (Å²) in [5.41, 5.74) is 0.901. The molecule has 0 saturated carbocycles. The van der Waals surface area contributed by atoms with Gasteiger partial charge in [0.1, 0.15) is 5.75 Å². The minimum Gasteiger partial charge on any atom is -0.497 e. The summed E-state index contributed by atoms with van der Waals surface area (Å²) in [4.78, 5) is 10.7. The molecule has 0 amide bonds. The molecule has 0 heterocycles. The lowest BCUT2D eigenvalue weighted by Gasteiger charge is -2.09. The molecule has 1 aromatic rings. The zero-order chi connectivity index (χ0) is 12.0. The lowest BCUT2D eigenvalue weighted by atomic mass is 9.96. The van der Waals surface area contributed by atoms with Gasteiger partial charge >= 0.3 is 5.97 Å². The van der Waals surface area contributed by atoms with Crippen LogP contribution in [0.15, 0.2) is 24.3 Å². The maximum Gasteiger partial charge on any atom is 0.304 e. The van der Waals surface area contributed by atoms with E-state index in [9.17, 15) is 4.79 Å². The largest absolute Gasteiger partial charge is 0.497 e. The van der Waals surface area contributed by atoms with E-state index in [0.29, 0.717) is 0 Å². The maximum absolute atomic E-state index is 10.7. The molecule has 1 rings (SSSR count). The summed E-state index contributed by atoms with van der Waals surface area (Å²) < 4.78 is 5.04. The minimum atomic E-state index is -0.844. The third-order valence-corrected chi connectivity index (χ3v) is 2.22. The van der Waals surface area contributed by atoms with Crippen molar-refractivity contribution in [1.29, 1.82) is 0 Å². The molecule has 0 bridgehead atoms. The smallest absolute Gasteiger partial charge is 0.304 e.